The summed E-state index contributed by atoms with van der Waals surface area (Å²) in [5, 5.41) is 3.08. The van der Waals surface area contributed by atoms with E-state index in [-0.39, 0.29) is 23.8 Å². The molecule has 4 rings (SSSR count). The van der Waals surface area contributed by atoms with Crippen LogP contribution in [-0.2, 0) is 9.59 Å². The van der Waals surface area contributed by atoms with Crippen LogP contribution in [0.4, 0.5) is 0 Å². The molecular formula is C20H26N4O2. The molecule has 0 radical (unpaired) electrons. The second-order valence-corrected chi connectivity index (χ2v) is 7.60. The standard InChI is InChI=1S/C20H26N4O2/c1-13(18-22-16-7-2-3-8-17(16)23-18)21-19(25)14-9-11-24(12-10-14)20(26)15-5-4-6-15/h2-3,7-8,13-15H,4-6,9-12H2,1H3,(H,21,25)(H,22,23)/t13-/m1/s1. The molecule has 0 unspecified atom stereocenters. The average molecular weight is 354 g/mol. The topological polar surface area (TPSA) is 78.1 Å². The second kappa shape index (κ2) is 7.09. The van der Waals surface area contributed by atoms with Crippen molar-refractivity contribution < 1.29 is 9.59 Å². The molecule has 6 heteroatoms. The molecule has 1 aliphatic heterocycles. The van der Waals surface area contributed by atoms with Gasteiger partial charge in [0.05, 0.1) is 17.1 Å². The molecule has 6 nitrogen and oxygen atoms in total. The van der Waals surface area contributed by atoms with Gasteiger partial charge in [-0.2, -0.15) is 0 Å². The smallest absolute Gasteiger partial charge is 0.225 e. The maximum Gasteiger partial charge on any atom is 0.225 e. The highest BCUT2D eigenvalue weighted by molar-refractivity contribution is 5.82. The van der Waals surface area contributed by atoms with Gasteiger partial charge >= 0.3 is 0 Å². The van der Waals surface area contributed by atoms with E-state index >= 15 is 0 Å². The third-order valence-electron chi connectivity index (χ3n) is 5.81. The molecule has 138 valence electrons. The molecule has 1 atom stereocenters. The molecule has 2 heterocycles. The zero-order valence-corrected chi connectivity index (χ0v) is 15.2. The van der Waals surface area contributed by atoms with Crippen LogP contribution in [0.2, 0.25) is 0 Å². The molecule has 2 fully saturated rings. The van der Waals surface area contributed by atoms with Crippen molar-refractivity contribution in [3.05, 3.63) is 30.1 Å². The molecule has 1 saturated carbocycles. The number of nitrogens with zero attached hydrogens (tertiary/aromatic N) is 2. The van der Waals surface area contributed by atoms with Gasteiger partial charge in [0, 0.05) is 24.9 Å². The van der Waals surface area contributed by atoms with Crippen molar-refractivity contribution in [1.29, 1.82) is 0 Å². The van der Waals surface area contributed by atoms with E-state index in [2.05, 4.69) is 15.3 Å². The van der Waals surface area contributed by atoms with Gasteiger partial charge in [-0.25, -0.2) is 4.98 Å². The molecule has 2 N–H and O–H groups in total. The van der Waals surface area contributed by atoms with Crippen LogP contribution in [0.1, 0.15) is 50.9 Å². The van der Waals surface area contributed by atoms with Crippen LogP contribution in [0.15, 0.2) is 24.3 Å². The highest BCUT2D eigenvalue weighted by Crippen LogP contribution is 2.30. The minimum absolute atomic E-state index is 0.0210. The Kier molecular flexibility index (Phi) is 4.66. The first-order valence-electron chi connectivity index (χ1n) is 9.65. The molecule has 2 aromatic rings. The van der Waals surface area contributed by atoms with Crippen molar-refractivity contribution in [1.82, 2.24) is 20.2 Å². The third-order valence-corrected chi connectivity index (χ3v) is 5.81. The molecule has 1 aliphatic carbocycles. The predicted molar refractivity (Wildman–Crippen MR) is 99.3 cm³/mol. The number of rotatable bonds is 4. The van der Waals surface area contributed by atoms with Crippen molar-refractivity contribution >= 4 is 22.8 Å². The van der Waals surface area contributed by atoms with E-state index in [1.54, 1.807) is 0 Å². The summed E-state index contributed by atoms with van der Waals surface area (Å²) >= 11 is 0. The molecule has 1 aromatic carbocycles. The zero-order valence-electron chi connectivity index (χ0n) is 15.2. The summed E-state index contributed by atoms with van der Waals surface area (Å²) in [5.74, 6) is 1.36. The van der Waals surface area contributed by atoms with Crippen molar-refractivity contribution in [3.63, 3.8) is 0 Å². The molecular weight excluding hydrogens is 328 g/mol. The van der Waals surface area contributed by atoms with Crippen molar-refractivity contribution in [2.75, 3.05) is 13.1 Å². The Morgan fingerprint density at radius 2 is 1.88 bits per heavy atom. The number of amides is 2. The normalized spacial score (nSPS) is 20.0. The van der Waals surface area contributed by atoms with Gasteiger partial charge in [0.25, 0.3) is 0 Å². The fourth-order valence-electron chi connectivity index (χ4n) is 3.85. The molecule has 0 bridgehead atoms. The number of H-pyrrole nitrogens is 1. The van der Waals surface area contributed by atoms with Crippen LogP contribution in [0.25, 0.3) is 11.0 Å². The van der Waals surface area contributed by atoms with Gasteiger partial charge in [-0.3, -0.25) is 9.59 Å². The first-order chi connectivity index (χ1) is 12.6. The maximum absolute atomic E-state index is 12.6. The number of carbonyl (C=O) groups excluding carboxylic acids is 2. The lowest BCUT2D eigenvalue weighted by Crippen LogP contribution is -2.46. The summed E-state index contributed by atoms with van der Waals surface area (Å²) < 4.78 is 0. The Morgan fingerprint density at radius 3 is 2.54 bits per heavy atom. The summed E-state index contributed by atoms with van der Waals surface area (Å²) in [4.78, 5) is 34.7. The number of piperidine rings is 1. The van der Waals surface area contributed by atoms with E-state index in [4.69, 9.17) is 0 Å². The zero-order chi connectivity index (χ0) is 18.1. The molecule has 1 saturated heterocycles. The molecule has 2 aliphatic rings. The number of imidazole rings is 1. The minimum Gasteiger partial charge on any atom is -0.346 e. The van der Waals surface area contributed by atoms with Crippen LogP contribution < -0.4 is 5.32 Å². The van der Waals surface area contributed by atoms with Crippen LogP contribution >= 0.6 is 0 Å². The van der Waals surface area contributed by atoms with Gasteiger partial charge in [-0.1, -0.05) is 18.6 Å². The van der Waals surface area contributed by atoms with E-state index in [1.165, 1.54) is 6.42 Å². The number of aromatic amines is 1. The Labute approximate surface area is 153 Å². The van der Waals surface area contributed by atoms with Gasteiger partial charge in [-0.15, -0.1) is 0 Å². The van der Waals surface area contributed by atoms with E-state index in [9.17, 15) is 9.59 Å². The number of fused-ring (bicyclic) bond motifs is 1. The van der Waals surface area contributed by atoms with Gasteiger partial charge in [0.15, 0.2) is 0 Å². The lowest BCUT2D eigenvalue weighted by Gasteiger charge is -2.36. The highest BCUT2D eigenvalue weighted by Gasteiger charge is 2.33. The Morgan fingerprint density at radius 1 is 1.15 bits per heavy atom. The lowest BCUT2D eigenvalue weighted by atomic mass is 9.83. The van der Waals surface area contributed by atoms with E-state index < -0.39 is 0 Å². The summed E-state index contributed by atoms with van der Waals surface area (Å²) in [6.07, 6.45) is 4.74. The fraction of sp³-hybridized carbons (Fsp3) is 0.550. The summed E-state index contributed by atoms with van der Waals surface area (Å²) in [6, 6.07) is 7.69. The van der Waals surface area contributed by atoms with Gasteiger partial charge in [0.1, 0.15) is 5.82 Å². The fourth-order valence-corrected chi connectivity index (χ4v) is 3.85. The van der Waals surface area contributed by atoms with Crippen LogP contribution in [0.5, 0.6) is 0 Å². The number of para-hydroxylation sites is 2. The van der Waals surface area contributed by atoms with Gasteiger partial charge in [0.2, 0.25) is 11.8 Å². The molecule has 0 spiro atoms. The highest BCUT2D eigenvalue weighted by atomic mass is 16.2. The Bertz CT molecular complexity index is 770. The molecule has 1 aromatic heterocycles. The quantitative estimate of drug-likeness (QED) is 0.886. The minimum atomic E-state index is -0.162. The SMILES string of the molecule is C[C@@H](NC(=O)C1CCN(C(=O)C2CCC2)CC1)c1nc2ccccc2[nH]1. The Hall–Kier alpha value is -2.37. The van der Waals surface area contributed by atoms with Crippen molar-refractivity contribution in [2.24, 2.45) is 11.8 Å². The number of hydrogen-bond acceptors (Lipinski definition) is 3. The monoisotopic (exact) mass is 354 g/mol. The number of aromatic nitrogens is 2. The van der Waals surface area contributed by atoms with Gasteiger partial charge < -0.3 is 15.2 Å². The van der Waals surface area contributed by atoms with E-state index in [0.717, 1.165) is 42.5 Å². The van der Waals surface area contributed by atoms with E-state index in [0.29, 0.717) is 19.0 Å². The lowest BCUT2D eigenvalue weighted by molar-refractivity contribution is -0.141. The van der Waals surface area contributed by atoms with Crippen LogP contribution in [-0.4, -0.2) is 39.8 Å². The number of likely N-dealkylation sites (tertiary alicyclic amines) is 1. The number of carbonyl (C=O) groups is 2. The first-order valence-corrected chi connectivity index (χ1v) is 9.65. The molecule has 26 heavy (non-hydrogen) atoms. The number of nitrogens with one attached hydrogen (secondary N) is 2. The number of benzene rings is 1. The first kappa shape index (κ1) is 17.1. The predicted octanol–water partition coefficient (Wildman–Crippen LogP) is 2.78. The average Bonchev–Trinajstić information content (AvgIpc) is 3.04. The second-order valence-electron chi connectivity index (χ2n) is 7.60. The van der Waals surface area contributed by atoms with Crippen molar-refractivity contribution in [2.45, 2.75) is 45.1 Å². The van der Waals surface area contributed by atoms with Crippen LogP contribution in [0.3, 0.4) is 0 Å². The Balaban J connectivity index is 1.31. The summed E-state index contributed by atoms with van der Waals surface area (Å²) in [6.45, 7) is 3.35. The number of hydrogen-bond donors (Lipinski definition) is 2. The largest absolute Gasteiger partial charge is 0.346 e. The third kappa shape index (κ3) is 3.32. The maximum atomic E-state index is 12.6. The van der Waals surface area contributed by atoms with Crippen molar-refractivity contribution in [3.8, 4) is 0 Å². The summed E-state index contributed by atoms with van der Waals surface area (Å²) in [7, 11) is 0. The molecule has 2 amide bonds. The summed E-state index contributed by atoms with van der Waals surface area (Å²) in [5.41, 5.74) is 1.89. The van der Waals surface area contributed by atoms with E-state index in [1.807, 2.05) is 36.1 Å². The van der Waals surface area contributed by atoms with Crippen LogP contribution in [0, 0.1) is 11.8 Å². The van der Waals surface area contributed by atoms with Gasteiger partial charge in [-0.05, 0) is 44.7 Å².